The van der Waals surface area contributed by atoms with Crippen molar-refractivity contribution in [3.63, 3.8) is 0 Å². The fourth-order valence-corrected chi connectivity index (χ4v) is 4.06. The second-order valence-corrected chi connectivity index (χ2v) is 15.1. The smallest absolute Gasteiger partial charge is 0.266 e. The highest BCUT2D eigenvalue weighted by molar-refractivity contribution is 6.76. The van der Waals surface area contributed by atoms with Crippen LogP contribution in [0, 0.1) is 0 Å². The molecule has 0 bridgehead atoms. The molecule has 0 aromatic heterocycles. The normalized spacial score (nSPS) is 22.5. The summed E-state index contributed by atoms with van der Waals surface area (Å²) in [6.07, 6.45) is 1.35. The molecule has 1 aliphatic rings. The lowest BCUT2D eigenvalue weighted by Crippen LogP contribution is -2.47. The van der Waals surface area contributed by atoms with Crippen LogP contribution >= 0.6 is 34.8 Å². The summed E-state index contributed by atoms with van der Waals surface area (Å²) in [5.41, 5.74) is 0.144. The molecule has 2 atom stereocenters. The van der Waals surface area contributed by atoms with Crippen LogP contribution < -0.4 is 0 Å². The van der Waals surface area contributed by atoms with Gasteiger partial charge in [-0.15, -0.1) is 6.58 Å². The molecule has 0 unspecified atom stereocenters. The minimum absolute atomic E-state index is 0.0314. The molecule has 0 radical (unpaired) electrons. The topological polar surface area (TPSA) is 30.8 Å². The van der Waals surface area contributed by atoms with Crippen molar-refractivity contribution in [2.75, 3.05) is 6.61 Å². The lowest BCUT2D eigenvalue weighted by atomic mass is 9.89. The molecule has 144 valence electrons. The van der Waals surface area contributed by atoms with E-state index in [4.69, 9.17) is 44.0 Å². The predicted molar refractivity (Wildman–Crippen MR) is 114 cm³/mol. The van der Waals surface area contributed by atoms with Crippen LogP contribution in [0.2, 0.25) is 18.1 Å². The molecule has 0 N–H and O–H groups in total. The molecule has 0 saturated carbocycles. The summed E-state index contributed by atoms with van der Waals surface area (Å²) in [7, 11) is -2.12. The van der Waals surface area contributed by atoms with Gasteiger partial charge in [0.2, 0.25) is 5.90 Å². The number of alkyl halides is 3. The Kier molecular flexibility index (Phi) is 6.26. The molecule has 3 nitrogen and oxygen atoms in total. The van der Waals surface area contributed by atoms with Gasteiger partial charge < -0.3 is 9.16 Å². The summed E-state index contributed by atoms with van der Waals surface area (Å²) in [5, 5.41) is 0.0314. The largest absolute Gasteiger partial charge is 0.475 e. The number of benzene rings is 1. The molecule has 0 saturated heterocycles. The van der Waals surface area contributed by atoms with Gasteiger partial charge in [-0.1, -0.05) is 92.0 Å². The van der Waals surface area contributed by atoms with Crippen molar-refractivity contribution in [3.05, 3.63) is 48.6 Å². The van der Waals surface area contributed by atoms with Crippen LogP contribution in [0.1, 0.15) is 32.4 Å². The van der Waals surface area contributed by atoms with Gasteiger partial charge in [0.15, 0.2) is 8.32 Å². The second-order valence-electron chi connectivity index (χ2n) is 8.07. The number of ether oxygens (including phenoxy) is 1. The Balaban J connectivity index is 2.54. The average molecular weight is 435 g/mol. The molecule has 1 aliphatic heterocycles. The predicted octanol–water partition coefficient (Wildman–Crippen LogP) is 6.47. The Morgan fingerprint density at radius 2 is 1.81 bits per heavy atom. The zero-order valence-corrected chi connectivity index (χ0v) is 19.1. The van der Waals surface area contributed by atoms with E-state index in [9.17, 15) is 0 Å². The standard InChI is InChI=1S/C19H26Cl3NO2Si/c1-7-18(13-24-16(23-18)19(20,21)22)15(14-11-9-8-10-12-14)25-26(5,6)17(2,3)4/h7-12,15H,1,13H2,2-6H3/t15-,18-/m1/s1. The first-order valence-corrected chi connectivity index (χ1v) is 12.5. The molecular formula is C19H26Cl3NO2Si. The summed E-state index contributed by atoms with van der Waals surface area (Å²) in [4.78, 5) is 4.63. The molecule has 2 rings (SSSR count). The number of nitrogens with zero attached hydrogens (tertiary/aromatic N) is 1. The average Bonchev–Trinajstić information content (AvgIpc) is 2.98. The van der Waals surface area contributed by atoms with Gasteiger partial charge in [0.05, 0.1) is 0 Å². The van der Waals surface area contributed by atoms with E-state index in [0.717, 1.165) is 5.56 Å². The van der Waals surface area contributed by atoms with Crippen molar-refractivity contribution in [2.24, 2.45) is 4.99 Å². The van der Waals surface area contributed by atoms with Gasteiger partial charge in [-0.25, -0.2) is 4.99 Å². The Labute approximate surface area is 172 Å². The van der Waals surface area contributed by atoms with Crippen molar-refractivity contribution in [1.82, 2.24) is 0 Å². The summed E-state index contributed by atoms with van der Waals surface area (Å²) >= 11 is 18.0. The molecule has 0 spiro atoms. The Morgan fingerprint density at radius 3 is 2.23 bits per heavy atom. The van der Waals surface area contributed by atoms with Crippen LogP contribution in [0.15, 0.2) is 48.0 Å². The van der Waals surface area contributed by atoms with Crippen molar-refractivity contribution in [2.45, 2.75) is 54.3 Å². The quantitative estimate of drug-likeness (QED) is 0.302. The van der Waals surface area contributed by atoms with Crippen molar-refractivity contribution in [1.29, 1.82) is 0 Å². The Morgan fingerprint density at radius 1 is 1.23 bits per heavy atom. The van der Waals surface area contributed by atoms with E-state index in [-0.39, 0.29) is 23.6 Å². The van der Waals surface area contributed by atoms with Gasteiger partial charge in [-0.05, 0) is 23.7 Å². The molecule has 0 aliphatic carbocycles. The van der Waals surface area contributed by atoms with E-state index in [0.29, 0.717) is 0 Å². The molecule has 1 heterocycles. The van der Waals surface area contributed by atoms with Crippen LogP contribution in [0.3, 0.4) is 0 Å². The van der Waals surface area contributed by atoms with E-state index >= 15 is 0 Å². The number of hydrogen-bond donors (Lipinski definition) is 0. The van der Waals surface area contributed by atoms with Crippen LogP contribution in [-0.2, 0) is 9.16 Å². The zero-order chi connectivity index (χ0) is 19.8. The maximum absolute atomic E-state index is 6.78. The van der Waals surface area contributed by atoms with E-state index < -0.39 is 17.6 Å². The van der Waals surface area contributed by atoms with Crippen LogP contribution in [0.5, 0.6) is 0 Å². The van der Waals surface area contributed by atoms with Crippen molar-refractivity contribution < 1.29 is 9.16 Å². The van der Waals surface area contributed by atoms with E-state index in [2.05, 4.69) is 45.4 Å². The van der Waals surface area contributed by atoms with Crippen LogP contribution in [-0.4, -0.2) is 30.2 Å². The number of halogens is 3. The third-order valence-electron chi connectivity index (χ3n) is 5.12. The van der Waals surface area contributed by atoms with Crippen molar-refractivity contribution >= 4 is 49.0 Å². The number of rotatable bonds is 5. The Bertz CT molecular complexity index is 680. The molecule has 0 fully saturated rings. The molecule has 26 heavy (non-hydrogen) atoms. The van der Waals surface area contributed by atoms with Gasteiger partial charge in [0.25, 0.3) is 3.79 Å². The van der Waals surface area contributed by atoms with Gasteiger partial charge in [0.1, 0.15) is 18.2 Å². The molecule has 1 aromatic carbocycles. The third kappa shape index (κ3) is 4.48. The fourth-order valence-electron chi connectivity index (χ4n) is 2.49. The monoisotopic (exact) mass is 433 g/mol. The molecule has 1 aromatic rings. The lowest BCUT2D eigenvalue weighted by Gasteiger charge is -2.43. The summed E-state index contributed by atoms with van der Waals surface area (Å²) < 4.78 is 10.7. The maximum atomic E-state index is 6.78. The first kappa shape index (κ1) is 21.8. The maximum Gasteiger partial charge on any atom is 0.266 e. The van der Waals surface area contributed by atoms with E-state index in [1.54, 1.807) is 6.08 Å². The molecule has 0 amide bonds. The molecular weight excluding hydrogens is 409 g/mol. The van der Waals surface area contributed by atoms with Crippen LogP contribution in [0.4, 0.5) is 0 Å². The highest BCUT2D eigenvalue weighted by atomic mass is 35.6. The van der Waals surface area contributed by atoms with Gasteiger partial charge >= 0.3 is 0 Å². The first-order chi connectivity index (χ1) is 11.8. The molecule has 7 heteroatoms. The summed E-state index contributed by atoms with van der Waals surface area (Å²) in [6, 6.07) is 9.96. The SMILES string of the molecule is C=C[C@]1([C@H](O[Si](C)(C)C(C)(C)C)c2ccccc2)COC(C(Cl)(Cl)Cl)=N1. The minimum atomic E-state index is -2.12. The van der Waals surface area contributed by atoms with Gasteiger partial charge in [-0.2, -0.15) is 0 Å². The third-order valence-corrected chi connectivity index (χ3v) is 10.0. The lowest BCUT2D eigenvalue weighted by molar-refractivity contribution is 0.100. The zero-order valence-electron chi connectivity index (χ0n) is 15.9. The second kappa shape index (κ2) is 7.48. The minimum Gasteiger partial charge on any atom is -0.475 e. The summed E-state index contributed by atoms with van der Waals surface area (Å²) in [5.74, 6) is 0.0714. The van der Waals surface area contributed by atoms with Crippen LogP contribution in [0.25, 0.3) is 0 Å². The fraction of sp³-hybridized carbons (Fsp3) is 0.526. The number of hydrogen-bond acceptors (Lipinski definition) is 3. The number of aliphatic imine (C=N–C) groups is 1. The highest BCUT2D eigenvalue weighted by Crippen LogP contribution is 2.46. The van der Waals surface area contributed by atoms with E-state index in [1.807, 2.05) is 30.3 Å². The van der Waals surface area contributed by atoms with Gasteiger partial charge in [-0.3, -0.25) is 0 Å². The first-order valence-electron chi connectivity index (χ1n) is 8.49. The Hall–Kier alpha value is -0.523. The summed E-state index contributed by atoms with van der Waals surface area (Å²) in [6.45, 7) is 15.2. The van der Waals surface area contributed by atoms with E-state index in [1.165, 1.54) is 0 Å². The highest BCUT2D eigenvalue weighted by Gasteiger charge is 2.51. The van der Waals surface area contributed by atoms with Crippen molar-refractivity contribution in [3.8, 4) is 0 Å². The van der Waals surface area contributed by atoms with Gasteiger partial charge in [0, 0.05) is 0 Å².